The minimum Gasteiger partial charge on any atom is -0.339 e. The third-order valence-electron chi connectivity index (χ3n) is 6.01. The average molecular weight is 490 g/mol. The number of carbonyl (C=O) groups is 1. The number of amides is 1. The Hall–Kier alpha value is -3.16. The molecule has 8 heteroatoms. The number of carbonyl (C=O) groups excluding carboxylic acids is 1. The topological polar surface area (TPSA) is 63.9 Å². The Morgan fingerprint density at radius 2 is 1.74 bits per heavy atom. The van der Waals surface area contributed by atoms with Crippen LogP contribution in [0.4, 0.5) is 0 Å². The molecule has 0 spiro atoms. The van der Waals surface area contributed by atoms with Gasteiger partial charge in [0.25, 0.3) is 5.91 Å². The zero-order valence-corrected chi connectivity index (χ0v) is 20.4. The summed E-state index contributed by atoms with van der Waals surface area (Å²) in [6.07, 6.45) is 5.68. The van der Waals surface area contributed by atoms with Gasteiger partial charge < -0.3 is 4.90 Å². The van der Waals surface area contributed by atoms with Gasteiger partial charge >= 0.3 is 0 Å². The monoisotopic (exact) mass is 489 g/mol. The smallest absolute Gasteiger partial charge is 0.253 e. The van der Waals surface area contributed by atoms with E-state index in [-0.39, 0.29) is 5.91 Å². The van der Waals surface area contributed by atoms with Gasteiger partial charge in [-0.3, -0.25) is 14.3 Å². The molecule has 0 aliphatic carbocycles. The van der Waals surface area contributed by atoms with Crippen molar-refractivity contribution >= 4 is 29.3 Å². The van der Waals surface area contributed by atoms with Gasteiger partial charge in [0.05, 0.1) is 5.69 Å². The fourth-order valence-electron chi connectivity index (χ4n) is 4.10. The summed E-state index contributed by atoms with van der Waals surface area (Å²) in [6, 6.07) is 17.6. The number of nitrogens with zero attached hydrogens (tertiary/aromatic N) is 5. The molecule has 1 aliphatic heterocycles. The summed E-state index contributed by atoms with van der Waals surface area (Å²) >= 11 is 8.04. The van der Waals surface area contributed by atoms with E-state index in [0.29, 0.717) is 10.8 Å². The van der Waals surface area contributed by atoms with Gasteiger partial charge in [0.2, 0.25) is 0 Å². The quantitative estimate of drug-likeness (QED) is 0.319. The van der Waals surface area contributed by atoms with Crippen LogP contribution in [0.25, 0.3) is 17.1 Å². The van der Waals surface area contributed by atoms with Crippen molar-refractivity contribution < 1.29 is 4.79 Å². The number of pyridine rings is 1. The van der Waals surface area contributed by atoms with E-state index in [1.807, 2.05) is 71.0 Å². The molecule has 1 aliphatic rings. The van der Waals surface area contributed by atoms with Gasteiger partial charge in [-0.1, -0.05) is 41.6 Å². The second-order valence-corrected chi connectivity index (χ2v) is 9.60. The Morgan fingerprint density at radius 3 is 2.47 bits per heavy atom. The van der Waals surface area contributed by atoms with Crippen molar-refractivity contribution in [2.24, 2.45) is 0 Å². The maximum Gasteiger partial charge on any atom is 0.253 e. The first-order valence-electron chi connectivity index (χ1n) is 11.2. The van der Waals surface area contributed by atoms with E-state index in [0.717, 1.165) is 64.9 Å². The van der Waals surface area contributed by atoms with Crippen LogP contribution in [0, 0.1) is 6.92 Å². The zero-order chi connectivity index (χ0) is 23.5. The maximum absolute atomic E-state index is 12.6. The minimum atomic E-state index is 0.120. The summed E-state index contributed by atoms with van der Waals surface area (Å²) in [4.78, 5) is 18.7. The summed E-state index contributed by atoms with van der Waals surface area (Å²) in [5.74, 6) is 1.56. The molecule has 1 amide bonds. The molecule has 5 rings (SSSR count). The normalized spacial score (nSPS) is 13.4. The maximum atomic E-state index is 12.6. The number of rotatable bonds is 6. The van der Waals surface area contributed by atoms with Crippen LogP contribution in [0.15, 0.2) is 72.1 Å². The van der Waals surface area contributed by atoms with Crippen LogP contribution < -0.4 is 0 Å². The lowest BCUT2D eigenvalue weighted by Gasteiger charge is -2.15. The first-order valence-corrected chi connectivity index (χ1v) is 12.6. The number of halogens is 1. The first-order chi connectivity index (χ1) is 16.6. The highest BCUT2D eigenvalue weighted by Crippen LogP contribution is 2.32. The van der Waals surface area contributed by atoms with Crippen LogP contribution in [-0.2, 0) is 5.75 Å². The molecule has 0 unspecified atom stereocenters. The lowest BCUT2D eigenvalue weighted by atomic mass is 10.1. The largest absolute Gasteiger partial charge is 0.339 e. The third-order valence-corrected chi connectivity index (χ3v) is 7.42. The van der Waals surface area contributed by atoms with Crippen LogP contribution in [0.3, 0.4) is 0 Å². The summed E-state index contributed by atoms with van der Waals surface area (Å²) in [5, 5.41) is 10.5. The van der Waals surface area contributed by atoms with Gasteiger partial charge in [-0.2, -0.15) is 0 Å². The van der Waals surface area contributed by atoms with E-state index in [1.165, 1.54) is 0 Å². The van der Waals surface area contributed by atoms with Crippen LogP contribution in [-0.4, -0.2) is 43.6 Å². The van der Waals surface area contributed by atoms with Crippen LogP contribution in [0.2, 0.25) is 5.02 Å². The fraction of sp³-hybridized carbons (Fsp3) is 0.231. The molecule has 1 saturated heterocycles. The Bertz CT molecular complexity index is 1300. The molecule has 6 nitrogen and oxygen atoms in total. The lowest BCUT2D eigenvalue weighted by Crippen LogP contribution is -2.27. The van der Waals surface area contributed by atoms with E-state index in [1.54, 1.807) is 24.2 Å². The van der Waals surface area contributed by atoms with Crippen molar-refractivity contribution in [1.82, 2.24) is 24.6 Å². The Morgan fingerprint density at radius 1 is 1.00 bits per heavy atom. The van der Waals surface area contributed by atoms with E-state index in [9.17, 15) is 4.79 Å². The number of hydrogen-bond donors (Lipinski definition) is 0. The predicted molar refractivity (Wildman–Crippen MR) is 135 cm³/mol. The van der Waals surface area contributed by atoms with Gasteiger partial charge in [-0.15, -0.1) is 10.2 Å². The van der Waals surface area contributed by atoms with Crippen molar-refractivity contribution in [3.8, 4) is 17.1 Å². The van der Waals surface area contributed by atoms with Crippen molar-refractivity contribution in [3.05, 3.63) is 88.7 Å². The van der Waals surface area contributed by atoms with Crippen molar-refractivity contribution in [2.45, 2.75) is 30.7 Å². The van der Waals surface area contributed by atoms with Gasteiger partial charge in [0.15, 0.2) is 11.0 Å². The lowest BCUT2D eigenvalue weighted by molar-refractivity contribution is 0.0793. The molecule has 0 saturated carbocycles. The molecule has 0 atom stereocenters. The van der Waals surface area contributed by atoms with E-state index in [2.05, 4.69) is 15.2 Å². The molecule has 1 fully saturated rings. The van der Waals surface area contributed by atoms with Gasteiger partial charge in [-0.05, 0) is 67.3 Å². The third kappa shape index (κ3) is 4.58. The second-order valence-electron chi connectivity index (χ2n) is 8.25. The second kappa shape index (κ2) is 9.99. The number of thioether (sulfide) groups is 1. The number of likely N-dealkylation sites (tertiary alicyclic amines) is 1. The summed E-state index contributed by atoms with van der Waals surface area (Å²) in [5.41, 5.74) is 4.70. The average Bonchev–Trinajstić information content (AvgIpc) is 3.56. The molecule has 0 N–H and O–H groups in total. The Labute approximate surface area is 208 Å². The van der Waals surface area contributed by atoms with Crippen molar-refractivity contribution in [1.29, 1.82) is 0 Å². The molecular weight excluding hydrogens is 466 g/mol. The number of hydrogen-bond acceptors (Lipinski definition) is 5. The fourth-order valence-corrected chi connectivity index (χ4v) is 5.17. The number of benzene rings is 2. The Kier molecular flexibility index (Phi) is 6.65. The molecule has 0 radical (unpaired) electrons. The van der Waals surface area contributed by atoms with E-state index in [4.69, 9.17) is 11.6 Å². The van der Waals surface area contributed by atoms with Gasteiger partial charge in [0.1, 0.15) is 0 Å². The number of aromatic nitrogens is 4. The van der Waals surface area contributed by atoms with Crippen LogP contribution in [0.5, 0.6) is 0 Å². The molecular formula is C26H24ClN5OS. The van der Waals surface area contributed by atoms with Crippen molar-refractivity contribution in [3.63, 3.8) is 0 Å². The minimum absolute atomic E-state index is 0.120. The highest BCUT2D eigenvalue weighted by atomic mass is 35.5. The highest BCUT2D eigenvalue weighted by Gasteiger charge is 2.20. The predicted octanol–water partition coefficient (Wildman–Crippen LogP) is 5.82. The van der Waals surface area contributed by atoms with E-state index >= 15 is 0 Å². The highest BCUT2D eigenvalue weighted by molar-refractivity contribution is 7.98. The standard InChI is InChI=1S/C26H24ClN5OS/c1-18-22(27)5-4-6-23(18)32-24(20-11-13-28-14-12-20)29-30-26(32)34-17-19-7-9-21(10-8-19)25(33)31-15-2-3-16-31/h4-14H,2-3,15-17H2,1H3. The van der Waals surface area contributed by atoms with Crippen LogP contribution >= 0.6 is 23.4 Å². The summed E-state index contributed by atoms with van der Waals surface area (Å²) in [7, 11) is 0. The van der Waals surface area contributed by atoms with Gasteiger partial charge in [0, 0.05) is 47.4 Å². The molecule has 2 aromatic heterocycles. The summed E-state index contributed by atoms with van der Waals surface area (Å²) < 4.78 is 2.05. The summed E-state index contributed by atoms with van der Waals surface area (Å²) in [6.45, 7) is 3.71. The first kappa shape index (κ1) is 22.6. The molecule has 2 aromatic carbocycles. The molecule has 0 bridgehead atoms. The molecule has 4 aromatic rings. The SMILES string of the molecule is Cc1c(Cl)cccc1-n1c(SCc2ccc(C(=O)N3CCCC3)cc2)nnc1-c1ccncc1. The molecule has 172 valence electrons. The van der Waals surface area contributed by atoms with Gasteiger partial charge in [-0.25, -0.2) is 0 Å². The van der Waals surface area contributed by atoms with Crippen LogP contribution in [0.1, 0.15) is 34.3 Å². The Balaban J connectivity index is 1.41. The zero-order valence-electron chi connectivity index (χ0n) is 18.8. The van der Waals surface area contributed by atoms with Crippen molar-refractivity contribution in [2.75, 3.05) is 13.1 Å². The molecule has 34 heavy (non-hydrogen) atoms. The van der Waals surface area contributed by atoms with E-state index < -0.39 is 0 Å². The molecule has 3 heterocycles.